The molecule has 2 aromatic rings. The Morgan fingerprint density at radius 1 is 1.11 bits per heavy atom. The van der Waals surface area contributed by atoms with E-state index in [9.17, 15) is 4.79 Å². The number of thiocarbonyl (C=S) groups is 1. The van der Waals surface area contributed by atoms with Gasteiger partial charge in [0.1, 0.15) is 11.5 Å². The Bertz CT molecular complexity index is 673. The van der Waals surface area contributed by atoms with Gasteiger partial charge < -0.3 is 9.15 Å². The van der Waals surface area contributed by atoms with Crippen molar-refractivity contribution in [1.29, 1.82) is 0 Å². The summed E-state index contributed by atoms with van der Waals surface area (Å²) in [5.74, 6) is 1.05. The van der Waals surface area contributed by atoms with Gasteiger partial charge in [-0.05, 0) is 24.4 Å². The van der Waals surface area contributed by atoms with E-state index in [1.807, 2.05) is 36.4 Å². The first-order chi connectivity index (χ1) is 9.22. The molecule has 1 fully saturated rings. The van der Waals surface area contributed by atoms with Crippen LogP contribution < -0.4 is 5.32 Å². The lowest BCUT2D eigenvalue weighted by Crippen LogP contribution is -2.18. The largest absolute Gasteiger partial charge is 0.457 e. The molecule has 1 aliphatic rings. The van der Waals surface area contributed by atoms with E-state index in [-0.39, 0.29) is 16.8 Å². The van der Waals surface area contributed by atoms with Crippen LogP contribution in [0.4, 0.5) is 0 Å². The van der Waals surface area contributed by atoms with Crippen LogP contribution in [0.2, 0.25) is 0 Å². The second kappa shape index (κ2) is 4.70. The molecule has 5 heteroatoms. The standard InChI is InChI=1S/C14H9NO3S/c16-13-12(18-14(19)15-13)8-10-6-7-11(17-10)9-4-2-1-3-5-9/h1-8H,(H,15,16,19). The SMILES string of the molecule is O=C1NC(=S)OC1=Cc1ccc(-c2ccccc2)o1. The Balaban J connectivity index is 1.89. The molecule has 1 saturated heterocycles. The van der Waals surface area contributed by atoms with Gasteiger partial charge in [0, 0.05) is 11.6 Å². The van der Waals surface area contributed by atoms with Crippen LogP contribution in [0.25, 0.3) is 17.4 Å². The van der Waals surface area contributed by atoms with Gasteiger partial charge >= 0.3 is 0 Å². The average Bonchev–Trinajstić information content (AvgIpc) is 2.99. The first kappa shape index (κ1) is 11.7. The van der Waals surface area contributed by atoms with E-state index >= 15 is 0 Å². The van der Waals surface area contributed by atoms with E-state index < -0.39 is 0 Å². The normalized spacial score (nSPS) is 16.5. The molecule has 4 nitrogen and oxygen atoms in total. The topological polar surface area (TPSA) is 51.5 Å². The molecule has 94 valence electrons. The fourth-order valence-electron chi connectivity index (χ4n) is 1.74. The third-order valence-electron chi connectivity index (χ3n) is 2.60. The lowest BCUT2D eigenvalue weighted by Gasteiger charge is -1.95. The molecular weight excluding hydrogens is 262 g/mol. The first-order valence-corrected chi connectivity index (χ1v) is 6.03. The molecule has 1 aliphatic heterocycles. The summed E-state index contributed by atoms with van der Waals surface area (Å²) in [4.78, 5) is 11.4. The maximum atomic E-state index is 11.4. The lowest BCUT2D eigenvalue weighted by molar-refractivity contribution is -0.116. The minimum absolute atomic E-state index is 0.0612. The number of carbonyl (C=O) groups is 1. The smallest absolute Gasteiger partial charge is 0.294 e. The molecule has 0 atom stereocenters. The van der Waals surface area contributed by atoms with Crippen LogP contribution in [0.15, 0.2) is 52.6 Å². The van der Waals surface area contributed by atoms with Crippen molar-refractivity contribution in [3.05, 3.63) is 54.0 Å². The molecule has 0 radical (unpaired) electrons. The van der Waals surface area contributed by atoms with Crippen LogP contribution in [-0.4, -0.2) is 11.1 Å². The summed E-state index contributed by atoms with van der Waals surface area (Å²) >= 11 is 4.75. The van der Waals surface area contributed by atoms with Gasteiger partial charge in [0.05, 0.1) is 0 Å². The molecule has 0 spiro atoms. The van der Waals surface area contributed by atoms with Crippen molar-refractivity contribution in [2.75, 3.05) is 0 Å². The van der Waals surface area contributed by atoms with Crippen molar-refractivity contribution >= 4 is 29.4 Å². The fourth-order valence-corrected chi connectivity index (χ4v) is 1.92. The number of hydrogen-bond donors (Lipinski definition) is 1. The van der Waals surface area contributed by atoms with Gasteiger partial charge in [-0.25, -0.2) is 0 Å². The van der Waals surface area contributed by atoms with Gasteiger partial charge in [0.25, 0.3) is 11.1 Å². The molecule has 2 heterocycles. The van der Waals surface area contributed by atoms with Crippen molar-refractivity contribution in [3.63, 3.8) is 0 Å². The highest BCUT2D eigenvalue weighted by molar-refractivity contribution is 7.80. The average molecular weight is 271 g/mol. The van der Waals surface area contributed by atoms with E-state index in [0.717, 1.165) is 11.3 Å². The number of nitrogens with one attached hydrogen (secondary N) is 1. The van der Waals surface area contributed by atoms with Crippen molar-refractivity contribution < 1.29 is 13.9 Å². The van der Waals surface area contributed by atoms with Crippen LogP contribution in [-0.2, 0) is 9.53 Å². The van der Waals surface area contributed by atoms with Gasteiger partial charge in [0.2, 0.25) is 0 Å². The number of carbonyl (C=O) groups excluding carboxylic acids is 1. The lowest BCUT2D eigenvalue weighted by atomic mass is 10.2. The minimum Gasteiger partial charge on any atom is -0.457 e. The molecule has 1 aromatic carbocycles. The van der Waals surface area contributed by atoms with Crippen molar-refractivity contribution in [2.24, 2.45) is 0 Å². The van der Waals surface area contributed by atoms with Crippen molar-refractivity contribution in [3.8, 4) is 11.3 Å². The summed E-state index contributed by atoms with van der Waals surface area (Å²) in [5, 5.41) is 2.45. The second-order valence-corrected chi connectivity index (χ2v) is 4.29. The Morgan fingerprint density at radius 3 is 2.58 bits per heavy atom. The Morgan fingerprint density at radius 2 is 1.89 bits per heavy atom. The highest BCUT2D eigenvalue weighted by atomic mass is 32.1. The molecular formula is C14H9NO3S. The number of hydrogen-bond acceptors (Lipinski definition) is 4. The summed E-state index contributed by atoms with van der Waals surface area (Å²) in [6.07, 6.45) is 1.51. The fraction of sp³-hybridized carbons (Fsp3) is 0. The van der Waals surface area contributed by atoms with Gasteiger partial charge in [-0.15, -0.1) is 0 Å². The number of furan rings is 1. The van der Waals surface area contributed by atoms with Crippen LogP contribution in [0.5, 0.6) is 0 Å². The summed E-state index contributed by atoms with van der Waals surface area (Å²) in [6, 6.07) is 13.3. The molecule has 1 amide bonds. The van der Waals surface area contributed by atoms with E-state index in [1.165, 1.54) is 6.08 Å². The quantitative estimate of drug-likeness (QED) is 0.674. The van der Waals surface area contributed by atoms with Gasteiger partial charge in [-0.2, -0.15) is 0 Å². The zero-order valence-electron chi connectivity index (χ0n) is 9.75. The zero-order chi connectivity index (χ0) is 13.2. The van der Waals surface area contributed by atoms with Gasteiger partial charge in [-0.1, -0.05) is 30.3 Å². The predicted octanol–water partition coefficient (Wildman–Crippen LogP) is 2.72. The molecule has 1 N–H and O–H groups in total. The van der Waals surface area contributed by atoms with E-state index in [4.69, 9.17) is 21.4 Å². The molecule has 1 aromatic heterocycles. The highest BCUT2D eigenvalue weighted by Crippen LogP contribution is 2.23. The summed E-state index contributed by atoms with van der Waals surface area (Å²) in [6.45, 7) is 0. The molecule has 19 heavy (non-hydrogen) atoms. The number of benzene rings is 1. The van der Waals surface area contributed by atoms with Crippen LogP contribution in [0.3, 0.4) is 0 Å². The predicted molar refractivity (Wildman–Crippen MR) is 73.9 cm³/mol. The number of ether oxygens (including phenoxy) is 1. The molecule has 0 bridgehead atoms. The third-order valence-corrected chi connectivity index (χ3v) is 2.79. The second-order valence-electron chi connectivity index (χ2n) is 3.92. The number of amides is 1. The van der Waals surface area contributed by atoms with Gasteiger partial charge in [-0.3, -0.25) is 10.1 Å². The minimum atomic E-state index is -0.359. The van der Waals surface area contributed by atoms with Crippen LogP contribution in [0, 0.1) is 0 Å². The van der Waals surface area contributed by atoms with Crippen molar-refractivity contribution in [2.45, 2.75) is 0 Å². The third kappa shape index (κ3) is 2.41. The number of rotatable bonds is 2. The Labute approximate surface area is 114 Å². The van der Waals surface area contributed by atoms with Crippen molar-refractivity contribution in [1.82, 2.24) is 5.32 Å². The monoisotopic (exact) mass is 271 g/mol. The molecule has 0 unspecified atom stereocenters. The van der Waals surface area contributed by atoms with Crippen LogP contribution >= 0.6 is 12.2 Å². The maximum absolute atomic E-state index is 11.4. The maximum Gasteiger partial charge on any atom is 0.294 e. The highest BCUT2D eigenvalue weighted by Gasteiger charge is 2.23. The molecule has 0 saturated carbocycles. The Kier molecular flexibility index (Phi) is 2.89. The summed E-state index contributed by atoms with van der Waals surface area (Å²) in [5.41, 5.74) is 0.972. The molecule has 3 rings (SSSR count). The van der Waals surface area contributed by atoms with Crippen LogP contribution in [0.1, 0.15) is 5.76 Å². The Hall–Kier alpha value is -2.40. The van der Waals surface area contributed by atoms with E-state index in [2.05, 4.69) is 5.32 Å². The summed E-state index contributed by atoms with van der Waals surface area (Å²) in [7, 11) is 0. The first-order valence-electron chi connectivity index (χ1n) is 5.62. The van der Waals surface area contributed by atoms with E-state index in [1.54, 1.807) is 6.07 Å². The molecule has 0 aliphatic carbocycles. The van der Waals surface area contributed by atoms with Gasteiger partial charge in [0.15, 0.2) is 5.76 Å². The van der Waals surface area contributed by atoms with E-state index in [0.29, 0.717) is 5.76 Å². The summed E-state index contributed by atoms with van der Waals surface area (Å²) < 4.78 is 10.7. The zero-order valence-corrected chi connectivity index (χ0v) is 10.6.